The number of primary amides is 1. The maximum atomic E-state index is 10.8. The van der Waals surface area contributed by atoms with E-state index in [1.165, 1.54) is 29.2 Å². The number of imidazole rings is 1. The van der Waals surface area contributed by atoms with Crippen molar-refractivity contribution in [1.29, 1.82) is 0 Å². The smallest absolute Gasteiger partial charge is 0.356 e. The minimum Gasteiger partial charge on any atom is -0.476 e. The van der Waals surface area contributed by atoms with Crippen molar-refractivity contribution in [1.82, 2.24) is 19.7 Å². The van der Waals surface area contributed by atoms with Gasteiger partial charge in [0.15, 0.2) is 17.2 Å². The summed E-state index contributed by atoms with van der Waals surface area (Å²) in [4.78, 5) is 25.0. The van der Waals surface area contributed by atoms with E-state index < -0.39 is 11.9 Å². The Labute approximate surface area is 94.7 Å². The molecule has 17 heavy (non-hydrogen) atoms. The second kappa shape index (κ2) is 4.00. The van der Waals surface area contributed by atoms with Crippen LogP contribution in [0.1, 0.15) is 21.0 Å². The Morgan fingerprint density at radius 1 is 1.24 bits per heavy atom. The van der Waals surface area contributed by atoms with Crippen LogP contribution in [0.2, 0.25) is 0 Å². The maximum Gasteiger partial charge on any atom is 0.356 e. The van der Waals surface area contributed by atoms with E-state index in [1.807, 2.05) is 0 Å². The van der Waals surface area contributed by atoms with E-state index in [0.29, 0.717) is 5.82 Å². The Hall–Kier alpha value is -2.77. The molecule has 0 unspecified atom stereocenters. The zero-order valence-electron chi connectivity index (χ0n) is 8.44. The molecule has 0 atom stereocenters. The van der Waals surface area contributed by atoms with Gasteiger partial charge in [0.25, 0.3) is 5.91 Å². The van der Waals surface area contributed by atoms with Crippen LogP contribution in [0.4, 0.5) is 0 Å². The number of nitrogens with zero attached hydrogens (tertiary/aromatic N) is 4. The third-order valence-corrected chi connectivity index (χ3v) is 1.97. The summed E-state index contributed by atoms with van der Waals surface area (Å²) in [6.45, 7) is 0. The van der Waals surface area contributed by atoms with Crippen LogP contribution in [0.5, 0.6) is 0 Å². The molecule has 0 radical (unpaired) electrons. The third-order valence-electron chi connectivity index (χ3n) is 1.97. The Balaban J connectivity index is 2.33. The van der Waals surface area contributed by atoms with Crippen molar-refractivity contribution in [2.24, 2.45) is 5.73 Å². The molecule has 0 aliphatic rings. The third kappa shape index (κ3) is 2.09. The number of carbonyl (C=O) groups excluding carboxylic acids is 1. The van der Waals surface area contributed by atoms with Crippen LogP contribution in [-0.4, -0.2) is 36.7 Å². The van der Waals surface area contributed by atoms with Crippen LogP contribution < -0.4 is 5.73 Å². The predicted octanol–water partition coefficient (Wildman–Crippen LogP) is -0.541. The molecule has 2 heterocycles. The average molecular weight is 233 g/mol. The molecule has 0 saturated carbocycles. The summed E-state index contributed by atoms with van der Waals surface area (Å²) in [5.41, 5.74) is 4.94. The van der Waals surface area contributed by atoms with Gasteiger partial charge < -0.3 is 10.8 Å². The molecule has 2 aromatic heterocycles. The van der Waals surface area contributed by atoms with Gasteiger partial charge in [0.1, 0.15) is 6.33 Å². The number of aromatic carboxylic acids is 1. The molecule has 8 heteroatoms. The molecule has 0 aliphatic carbocycles. The first-order valence-electron chi connectivity index (χ1n) is 4.49. The molecule has 0 saturated heterocycles. The second-order valence-corrected chi connectivity index (χ2v) is 3.11. The SMILES string of the molecule is NC(=O)c1ccc(-n2cnc(C(=O)O)c2)nn1. The lowest BCUT2D eigenvalue weighted by molar-refractivity contribution is 0.0691. The number of carbonyl (C=O) groups is 2. The van der Waals surface area contributed by atoms with Gasteiger partial charge in [-0.25, -0.2) is 9.78 Å². The van der Waals surface area contributed by atoms with Crippen molar-refractivity contribution in [3.05, 3.63) is 36.0 Å². The standard InChI is InChI=1S/C9H7N5O3/c10-8(15)5-1-2-7(13-12-5)14-3-6(9(16)17)11-4-14/h1-4H,(H2,10,15)(H,16,17). The molecule has 8 nitrogen and oxygen atoms in total. The molecule has 2 aromatic rings. The van der Waals surface area contributed by atoms with Gasteiger partial charge in [-0.15, -0.1) is 10.2 Å². The van der Waals surface area contributed by atoms with Crippen molar-refractivity contribution >= 4 is 11.9 Å². The zero-order chi connectivity index (χ0) is 12.4. The lowest BCUT2D eigenvalue weighted by atomic mass is 10.4. The van der Waals surface area contributed by atoms with Gasteiger partial charge in [-0.05, 0) is 12.1 Å². The molecule has 3 N–H and O–H groups in total. The summed E-state index contributed by atoms with van der Waals surface area (Å²) in [6, 6.07) is 2.88. The molecular formula is C9H7N5O3. The van der Waals surface area contributed by atoms with E-state index >= 15 is 0 Å². The lowest BCUT2D eigenvalue weighted by Crippen LogP contribution is -2.14. The highest BCUT2D eigenvalue weighted by Crippen LogP contribution is 2.05. The minimum absolute atomic E-state index is 0.0346. The van der Waals surface area contributed by atoms with Crippen molar-refractivity contribution < 1.29 is 14.7 Å². The molecule has 2 rings (SSSR count). The summed E-state index contributed by atoms with van der Waals surface area (Å²) in [7, 11) is 0. The number of rotatable bonds is 3. The van der Waals surface area contributed by atoms with Crippen LogP contribution in [0.15, 0.2) is 24.7 Å². The van der Waals surface area contributed by atoms with Crippen LogP contribution in [0, 0.1) is 0 Å². The highest BCUT2D eigenvalue weighted by molar-refractivity contribution is 5.90. The number of carboxylic acid groups (broad SMARTS) is 1. The van der Waals surface area contributed by atoms with E-state index in [4.69, 9.17) is 10.8 Å². The summed E-state index contributed by atoms with van der Waals surface area (Å²) in [5.74, 6) is -1.47. The number of hydrogen-bond acceptors (Lipinski definition) is 5. The minimum atomic E-state index is -1.13. The highest BCUT2D eigenvalue weighted by atomic mass is 16.4. The average Bonchev–Trinajstić information content (AvgIpc) is 2.78. The fraction of sp³-hybridized carbons (Fsp3) is 0. The summed E-state index contributed by atoms with van der Waals surface area (Å²) >= 11 is 0. The predicted molar refractivity (Wildman–Crippen MR) is 54.6 cm³/mol. The zero-order valence-corrected chi connectivity index (χ0v) is 8.44. The second-order valence-electron chi connectivity index (χ2n) is 3.11. The first kappa shape index (κ1) is 10.7. The summed E-state index contributed by atoms with van der Waals surface area (Å²) < 4.78 is 1.38. The molecule has 0 fully saturated rings. The highest BCUT2D eigenvalue weighted by Gasteiger charge is 2.09. The number of carboxylic acids is 1. The molecule has 1 amide bonds. The fourth-order valence-electron chi connectivity index (χ4n) is 1.15. The Bertz CT molecular complexity index is 575. The normalized spacial score (nSPS) is 10.1. The number of aromatic nitrogens is 4. The Morgan fingerprint density at radius 3 is 2.47 bits per heavy atom. The van der Waals surface area contributed by atoms with Gasteiger partial charge in [-0.1, -0.05) is 0 Å². The van der Waals surface area contributed by atoms with E-state index in [-0.39, 0.29) is 11.4 Å². The van der Waals surface area contributed by atoms with Crippen molar-refractivity contribution in [2.45, 2.75) is 0 Å². The van der Waals surface area contributed by atoms with Crippen molar-refractivity contribution in [3.8, 4) is 5.82 Å². The molecular weight excluding hydrogens is 226 g/mol. The Kier molecular flexibility index (Phi) is 2.53. The van der Waals surface area contributed by atoms with Gasteiger partial charge in [-0.2, -0.15) is 0 Å². The van der Waals surface area contributed by atoms with Crippen LogP contribution >= 0.6 is 0 Å². The molecule has 0 aromatic carbocycles. The van der Waals surface area contributed by atoms with Crippen LogP contribution in [0.3, 0.4) is 0 Å². The van der Waals surface area contributed by atoms with Crippen LogP contribution in [0.25, 0.3) is 5.82 Å². The molecule has 0 aliphatic heterocycles. The van der Waals surface area contributed by atoms with E-state index in [2.05, 4.69) is 15.2 Å². The molecule has 0 bridgehead atoms. The summed E-state index contributed by atoms with van der Waals surface area (Å²) in [6.07, 6.45) is 2.58. The van der Waals surface area contributed by atoms with E-state index in [9.17, 15) is 9.59 Å². The van der Waals surface area contributed by atoms with Gasteiger partial charge in [-0.3, -0.25) is 9.36 Å². The first-order valence-corrected chi connectivity index (χ1v) is 4.49. The number of amides is 1. The Morgan fingerprint density at radius 2 is 2.00 bits per heavy atom. The largest absolute Gasteiger partial charge is 0.476 e. The number of hydrogen-bond donors (Lipinski definition) is 2. The first-order chi connectivity index (χ1) is 8.08. The van der Waals surface area contributed by atoms with E-state index in [1.54, 1.807) is 0 Å². The molecule has 0 spiro atoms. The topological polar surface area (TPSA) is 124 Å². The number of nitrogens with two attached hydrogens (primary N) is 1. The van der Waals surface area contributed by atoms with Gasteiger partial charge in [0, 0.05) is 6.20 Å². The van der Waals surface area contributed by atoms with E-state index in [0.717, 1.165) is 0 Å². The summed E-state index contributed by atoms with van der Waals surface area (Å²) in [5, 5.41) is 16.0. The quantitative estimate of drug-likeness (QED) is 0.733. The molecule has 86 valence electrons. The van der Waals surface area contributed by atoms with Gasteiger partial charge in [0.05, 0.1) is 0 Å². The van der Waals surface area contributed by atoms with Gasteiger partial charge in [0.2, 0.25) is 0 Å². The van der Waals surface area contributed by atoms with Crippen LogP contribution in [-0.2, 0) is 0 Å². The monoisotopic (exact) mass is 233 g/mol. The van der Waals surface area contributed by atoms with Crippen molar-refractivity contribution in [3.63, 3.8) is 0 Å². The maximum absolute atomic E-state index is 10.8. The fourth-order valence-corrected chi connectivity index (χ4v) is 1.15. The van der Waals surface area contributed by atoms with Gasteiger partial charge >= 0.3 is 5.97 Å². The van der Waals surface area contributed by atoms with Crippen molar-refractivity contribution in [2.75, 3.05) is 0 Å². The lowest BCUT2D eigenvalue weighted by Gasteiger charge is -1.99.